The lowest BCUT2D eigenvalue weighted by atomic mass is 10.1. The number of morpholine rings is 1. The Bertz CT molecular complexity index is 805. The van der Waals surface area contributed by atoms with Gasteiger partial charge in [-0.15, -0.1) is 11.3 Å². The number of hydrogen-bond acceptors (Lipinski definition) is 5. The Morgan fingerprint density at radius 2 is 2.04 bits per heavy atom. The Balaban J connectivity index is 1.88. The Kier molecular flexibility index (Phi) is 5.73. The third-order valence-corrected chi connectivity index (χ3v) is 5.56. The summed E-state index contributed by atoms with van der Waals surface area (Å²) in [6.07, 6.45) is 2.51. The van der Waals surface area contributed by atoms with Crippen molar-refractivity contribution >= 4 is 28.2 Å². The van der Waals surface area contributed by atoms with E-state index in [1.165, 1.54) is 11.3 Å². The number of amides is 2. The van der Waals surface area contributed by atoms with Gasteiger partial charge in [0.15, 0.2) is 5.69 Å². The van der Waals surface area contributed by atoms with Crippen LogP contribution in [0.25, 0.3) is 0 Å². The van der Waals surface area contributed by atoms with Crippen LogP contribution in [0.1, 0.15) is 45.1 Å². The number of carbonyl (C=O) groups is 2. The molecule has 7 nitrogen and oxygen atoms in total. The summed E-state index contributed by atoms with van der Waals surface area (Å²) in [6.45, 7) is 8.92. The third kappa shape index (κ3) is 3.66. The normalized spacial score (nSPS) is 14.5. The maximum atomic E-state index is 13.1. The van der Waals surface area contributed by atoms with Crippen molar-refractivity contribution in [3.8, 4) is 0 Å². The molecule has 0 unspecified atom stereocenters. The van der Waals surface area contributed by atoms with E-state index in [-0.39, 0.29) is 11.8 Å². The smallest absolute Gasteiger partial charge is 0.276 e. The zero-order valence-corrected chi connectivity index (χ0v) is 16.2. The Morgan fingerprint density at radius 3 is 2.65 bits per heavy atom. The van der Waals surface area contributed by atoms with Gasteiger partial charge in [0.25, 0.3) is 11.8 Å². The van der Waals surface area contributed by atoms with Crippen LogP contribution in [0, 0.1) is 6.92 Å². The highest BCUT2D eigenvalue weighted by Crippen LogP contribution is 2.34. The molecule has 1 aliphatic heterocycles. The molecule has 2 aromatic rings. The van der Waals surface area contributed by atoms with Gasteiger partial charge in [-0.05, 0) is 31.9 Å². The minimum Gasteiger partial charge on any atom is -0.378 e. The molecule has 3 heterocycles. The molecule has 1 N–H and O–H groups in total. The lowest BCUT2D eigenvalue weighted by Crippen LogP contribution is -2.41. The highest BCUT2D eigenvalue weighted by Gasteiger charge is 2.27. The summed E-state index contributed by atoms with van der Waals surface area (Å²) in [5.74, 6) is -0.332. The van der Waals surface area contributed by atoms with Crippen LogP contribution < -0.4 is 5.32 Å². The number of carbonyl (C=O) groups excluding carboxylic acids is 2. The quantitative estimate of drug-likeness (QED) is 0.870. The second kappa shape index (κ2) is 8.01. The van der Waals surface area contributed by atoms with Crippen LogP contribution in [0.15, 0.2) is 12.3 Å². The van der Waals surface area contributed by atoms with E-state index < -0.39 is 0 Å². The molecule has 26 heavy (non-hydrogen) atoms. The van der Waals surface area contributed by atoms with Gasteiger partial charge in [-0.3, -0.25) is 14.3 Å². The van der Waals surface area contributed by atoms with E-state index in [1.807, 2.05) is 20.8 Å². The largest absolute Gasteiger partial charge is 0.378 e. The minimum atomic E-state index is -0.294. The molecule has 140 valence electrons. The van der Waals surface area contributed by atoms with E-state index >= 15 is 0 Å². The average molecular weight is 376 g/mol. The van der Waals surface area contributed by atoms with Crippen molar-refractivity contribution in [3.63, 3.8) is 0 Å². The van der Waals surface area contributed by atoms with Crippen molar-refractivity contribution in [2.45, 2.75) is 33.7 Å². The van der Waals surface area contributed by atoms with Crippen LogP contribution in [0.4, 0.5) is 5.00 Å². The lowest BCUT2D eigenvalue weighted by Gasteiger charge is -2.27. The number of thiophene rings is 1. The molecule has 0 aliphatic carbocycles. The maximum Gasteiger partial charge on any atom is 0.276 e. The Morgan fingerprint density at radius 1 is 1.31 bits per heavy atom. The van der Waals surface area contributed by atoms with E-state index in [2.05, 4.69) is 10.4 Å². The molecule has 0 bridgehead atoms. The van der Waals surface area contributed by atoms with E-state index in [4.69, 9.17) is 4.74 Å². The van der Waals surface area contributed by atoms with Crippen molar-refractivity contribution in [2.24, 2.45) is 0 Å². The molecule has 0 spiro atoms. The van der Waals surface area contributed by atoms with Crippen molar-refractivity contribution in [2.75, 3.05) is 31.6 Å². The molecule has 0 aromatic carbocycles. The molecule has 2 amide bonds. The molecule has 1 saturated heterocycles. The summed E-state index contributed by atoms with van der Waals surface area (Å²) in [4.78, 5) is 28.5. The number of aromatic nitrogens is 2. The van der Waals surface area contributed by atoms with Crippen molar-refractivity contribution in [1.29, 1.82) is 0 Å². The second-order valence-corrected chi connectivity index (χ2v) is 7.33. The molecular formula is C18H24N4O3S. The third-order valence-electron chi connectivity index (χ3n) is 4.50. The number of aryl methyl sites for hydroxylation is 2. The first kappa shape index (κ1) is 18.6. The number of nitrogens with one attached hydrogen (secondary N) is 1. The van der Waals surface area contributed by atoms with Gasteiger partial charge in [0.2, 0.25) is 0 Å². The zero-order chi connectivity index (χ0) is 18.7. The standard InChI is InChI=1S/C18H24N4O3S/c1-4-13-12(3)26-17(15(13)18(24)21-8-10-25-11-9-21)19-16(23)14-6-7-22(5-2)20-14/h6-7H,4-5,8-11H2,1-3H3,(H,19,23). The first-order valence-corrected chi connectivity index (χ1v) is 9.70. The van der Waals surface area contributed by atoms with Crippen LogP contribution in [0.5, 0.6) is 0 Å². The van der Waals surface area contributed by atoms with Gasteiger partial charge < -0.3 is 15.0 Å². The number of anilines is 1. The van der Waals surface area contributed by atoms with Crippen molar-refractivity contribution < 1.29 is 14.3 Å². The van der Waals surface area contributed by atoms with E-state index in [0.717, 1.165) is 16.9 Å². The molecule has 2 aromatic heterocycles. The van der Waals surface area contributed by atoms with Gasteiger partial charge in [0, 0.05) is 30.7 Å². The Labute approximate surface area is 156 Å². The minimum absolute atomic E-state index is 0.0381. The van der Waals surface area contributed by atoms with Crippen LogP contribution in [-0.4, -0.2) is 52.8 Å². The molecule has 0 radical (unpaired) electrons. The topological polar surface area (TPSA) is 76.5 Å². The molecular weight excluding hydrogens is 352 g/mol. The lowest BCUT2D eigenvalue weighted by molar-refractivity contribution is 0.0303. The van der Waals surface area contributed by atoms with E-state index in [1.54, 1.807) is 21.8 Å². The number of ether oxygens (including phenoxy) is 1. The number of rotatable bonds is 5. The van der Waals surface area contributed by atoms with E-state index in [9.17, 15) is 9.59 Å². The number of hydrogen-bond donors (Lipinski definition) is 1. The highest BCUT2D eigenvalue weighted by molar-refractivity contribution is 7.16. The fraction of sp³-hybridized carbons (Fsp3) is 0.500. The van der Waals surface area contributed by atoms with Gasteiger partial charge in [-0.1, -0.05) is 6.92 Å². The van der Waals surface area contributed by atoms with Crippen LogP contribution in [0.3, 0.4) is 0 Å². The van der Waals surface area contributed by atoms with Crippen molar-refractivity contribution in [3.05, 3.63) is 34.0 Å². The second-order valence-electron chi connectivity index (χ2n) is 6.11. The summed E-state index contributed by atoms with van der Waals surface area (Å²) < 4.78 is 7.04. The van der Waals surface area contributed by atoms with Gasteiger partial charge in [0.05, 0.1) is 18.8 Å². The zero-order valence-electron chi connectivity index (χ0n) is 15.4. The summed E-state index contributed by atoms with van der Waals surface area (Å²) in [5.41, 5.74) is 1.96. The van der Waals surface area contributed by atoms with Gasteiger partial charge >= 0.3 is 0 Å². The van der Waals surface area contributed by atoms with Crippen molar-refractivity contribution in [1.82, 2.24) is 14.7 Å². The predicted molar refractivity (Wildman–Crippen MR) is 101 cm³/mol. The average Bonchev–Trinajstić information content (AvgIpc) is 3.26. The summed E-state index contributed by atoms with van der Waals surface area (Å²) in [6, 6.07) is 1.68. The molecule has 8 heteroatoms. The highest BCUT2D eigenvalue weighted by atomic mass is 32.1. The first-order chi connectivity index (χ1) is 12.5. The van der Waals surface area contributed by atoms with E-state index in [0.29, 0.717) is 49.1 Å². The van der Waals surface area contributed by atoms with Gasteiger partial charge in [0.1, 0.15) is 5.00 Å². The molecule has 0 saturated carbocycles. The molecule has 0 atom stereocenters. The Hall–Kier alpha value is -2.19. The maximum absolute atomic E-state index is 13.1. The molecule has 3 rings (SSSR count). The molecule has 1 aliphatic rings. The monoisotopic (exact) mass is 376 g/mol. The fourth-order valence-electron chi connectivity index (χ4n) is 3.07. The van der Waals surface area contributed by atoms with Crippen LogP contribution in [-0.2, 0) is 17.7 Å². The first-order valence-electron chi connectivity index (χ1n) is 8.89. The fourth-order valence-corrected chi connectivity index (χ4v) is 4.20. The summed E-state index contributed by atoms with van der Waals surface area (Å²) in [5, 5.41) is 7.74. The van der Waals surface area contributed by atoms with Gasteiger partial charge in [-0.2, -0.15) is 5.10 Å². The summed E-state index contributed by atoms with van der Waals surface area (Å²) >= 11 is 1.45. The SMILES string of the molecule is CCc1c(C)sc(NC(=O)c2ccn(CC)n2)c1C(=O)N1CCOCC1. The van der Waals surface area contributed by atoms with Crippen LogP contribution >= 0.6 is 11.3 Å². The predicted octanol–water partition coefficient (Wildman–Crippen LogP) is 2.56. The van der Waals surface area contributed by atoms with Crippen LogP contribution in [0.2, 0.25) is 0 Å². The van der Waals surface area contributed by atoms with Gasteiger partial charge in [-0.25, -0.2) is 0 Å². The summed E-state index contributed by atoms with van der Waals surface area (Å²) in [7, 11) is 0. The number of nitrogens with zero attached hydrogens (tertiary/aromatic N) is 3. The molecule has 1 fully saturated rings.